The Balaban J connectivity index is 2.44. The van der Waals surface area contributed by atoms with Gasteiger partial charge in [0.2, 0.25) is 0 Å². The van der Waals surface area contributed by atoms with Crippen molar-refractivity contribution in [3.05, 3.63) is 35.7 Å². The van der Waals surface area contributed by atoms with Crippen molar-refractivity contribution < 1.29 is 14.3 Å². The third kappa shape index (κ3) is 4.56. The molecule has 0 spiro atoms. The van der Waals surface area contributed by atoms with Crippen LogP contribution in [0.1, 0.15) is 13.8 Å². The summed E-state index contributed by atoms with van der Waals surface area (Å²) in [7, 11) is 0. The highest BCUT2D eigenvalue weighted by molar-refractivity contribution is 8.14. The number of nitrogens with zero attached hydrogens (tertiary/aromatic N) is 2. The number of carbonyl (C=O) groups is 2. The fourth-order valence-corrected chi connectivity index (χ4v) is 3.48. The molecule has 1 amide bonds. The van der Waals surface area contributed by atoms with Crippen LogP contribution in [0.15, 0.2) is 35.8 Å². The fraction of sp³-hybridized carbons (Fsp3) is 0.312. The lowest BCUT2D eigenvalue weighted by Crippen LogP contribution is -2.17. The van der Waals surface area contributed by atoms with E-state index in [1.807, 2.05) is 29.7 Å². The van der Waals surface area contributed by atoms with Crippen molar-refractivity contribution in [1.82, 2.24) is 4.57 Å². The molecule has 0 unspecified atom stereocenters. The predicted octanol–water partition coefficient (Wildman–Crippen LogP) is 2.99. The lowest BCUT2D eigenvalue weighted by Gasteiger charge is -2.04. The maximum Gasteiger partial charge on any atom is 0.258 e. The van der Waals surface area contributed by atoms with Gasteiger partial charge in [-0.2, -0.15) is 4.99 Å². The monoisotopic (exact) mass is 350 g/mol. The van der Waals surface area contributed by atoms with Crippen molar-refractivity contribution in [1.29, 1.82) is 0 Å². The molecule has 2 rings (SSSR count). The first kappa shape index (κ1) is 17.5. The maximum absolute atomic E-state index is 11.9. The molecule has 0 bridgehead atoms. The number of hydrogen-bond acceptors (Lipinski definition) is 5. The zero-order chi connectivity index (χ0) is 16.8. The van der Waals surface area contributed by atoms with E-state index in [9.17, 15) is 9.59 Å². The molecule has 0 fully saturated rings. The first-order valence-electron chi connectivity index (χ1n) is 7.13. The minimum absolute atomic E-state index is 0.0574. The number of carbonyl (C=O) groups excluding carboxylic acids is 2. The molecule has 1 aromatic heterocycles. The molecule has 1 aromatic carbocycles. The lowest BCUT2D eigenvalue weighted by molar-refractivity contribution is -0.116. The Morgan fingerprint density at radius 1 is 1.48 bits per heavy atom. The Hall–Kier alpha value is -1.86. The van der Waals surface area contributed by atoms with Crippen LogP contribution in [0.5, 0.6) is 5.75 Å². The Labute approximate surface area is 142 Å². The number of rotatable bonds is 6. The summed E-state index contributed by atoms with van der Waals surface area (Å²) < 4.78 is 8.43. The first-order chi connectivity index (χ1) is 11.0. The molecular weight excluding hydrogens is 332 g/mol. The second-order valence-electron chi connectivity index (χ2n) is 4.63. The minimum atomic E-state index is -0.320. The second-order valence-corrected chi connectivity index (χ2v) is 6.79. The van der Waals surface area contributed by atoms with Crippen LogP contribution in [0.3, 0.4) is 0 Å². The van der Waals surface area contributed by atoms with E-state index < -0.39 is 0 Å². The number of benzene rings is 1. The van der Waals surface area contributed by atoms with E-state index in [4.69, 9.17) is 4.74 Å². The molecular formula is C16H18N2O3S2. The van der Waals surface area contributed by atoms with Crippen molar-refractivity contribution in [3.63, 3.8) is 0 Å². The van der Waals surface area contributed by atoms with Crippen LogP contribution < -0.4 is 9.54 Å². The lowest BCUT2D eigenvalue weighted by atomic mass is 10.3. The third-order valence-corrected chi connectivity index (χ3v) is 4.74. The molecule has 0 saturated heterocycles. The van der Waals surface area contributed by atoms with Crippen LogP contribution in [0.4, 0.5) is 0 Å². The molecule has 1 heterocycles. The van der Waals surface area contributed by atoms with Gasteiger partial charge in [-0.15, -0.1) is 6.58 Å². The Bertz CT molecular complexity index is 805. The molecule has 2 aromatic rings. The van der Waals surface area contributed by atoms with Gasteiger partial charge in [-0.3, -0.25) is 9.59 Å². The average Bonchev–Trinajstić information content (AvgIpc) is 2.83. The Kier molecular flexibility index (Phi) is 6.18. The third-order valence-electron chi connectivity index (χ3n) is 2.90. The van der Waals surface area contributed by atoms with Crippen molar-refractivity contribution in [2.75, 3.05) is 12.4 Å². The van der Waals surface area contributed by atoms with E-state index in [1.54, 1.807) is 6.08 Å². The van der Waals surface area contributed by atoms with Gasteiger partial charge < -0.3 is 9.30 Å². The van der Waals surface area contributed by atoms with Crippen LogP contribution in [-0.2, 0) is 16.1 Å². The van der Waals surface area contributed by atoms with E-state index >= 15 is 0 Å². The Morgan fingerprint density at radius 2 is 2.26 bits per heavy atom. The molecule has 122 valence electrons. The summed E-state index contributed by atoms with van der Waals surface area (Å²) in [5, 5.41) is -0.0924. The van der Waals surface area contributed by atoms with Gasteiger partial charge in [0, 0.05) is 13.5 Å². The van der Waals surface area contributed by atoms with E-state index in [0.29, 0.717) is 18.0 Å². The smallest absolute Gasteiger partial charge is 0.258 e. The number of aromatic nitrogens is 1. The summed E-state index contributed by atoms with van der Waals surface area (Å²) in [6.45, 7) is 8.28. The molecule has 0 N–H and O–H groups in total. The summed E-state index contributed by atoms with van der Waals surface area (Å²) in [6, 6.07) is 5.79. The first-order valence-corrected chi connectivity index (χ1v) is 8.93. The fourth-order valence-electron chi connectivity index (χ4n) is 2.00. The van der Waals surface area contributed by atoms with E-state index in [2.05, 4.69) is 11.6 Å². The number of amides is 1. The maximum atomic E-state index is 11.9. The molecule has 0 radical (unpaired) electrons. The van der Waals surface area contributed by atoms with Gasteiger partial charge in [0.05, 0.1) is 22.6 Å². The summed E-state index contributed by atoms with van der Waals surface area (Å²) in [4.78, 5) is 27.6. The van der Waals surface area contributed by atoms with Crippen molar-refractivity contribution in [2.45, 2.75) is 20.4 Å². The molecule has 7 heteroatoms. The summed E-state index contributed by atoms with van der Waals surface area (Å²) >= 11 is 2.39. The van der Waals surface area contributed by atoms with Gasteiger partial charge in [0.25, 0.3) is 5.91 Å². The van der Waals surface area contributed by atoms with E-state index in [1.165, 1.54) is 18.3 Å². The van der Waals surface area contributed by atoms with Crippen molar-refractivity contribution in [2.24, 2.45) is 4.99 Å². The van der Waals surface area contributed by atoms with Crippen LogP contribution in [-0.4, -0.2) is 27.9 Å². The zero-order valence-corrected chi connectivity index (χ0v) is 14.7. The second kappa shape index (κ2) is 8.12. The van der Waals surface area contributed by atoms with Crippen molar-refractivity contribution >= 4 is 44.3 Å². The van der Waals surface area contributed by atoms with Crippen LogP contribution in [0.2, 0.25) is 0 Å². The molecule has 0 aliphatic rings. The van der Waals surface area contributed by atoms with E-state index in [0.717, 1.165) is 27.7 Å². The highest BCUT2D eigenvalue weighted by Gasteiger charge is 2.09. The minimum Gasteiger partial charge on any atom is -0.494 e. The quantitative estimate of drug-likeness (QED) is 0.752. The summed E-state index contributed by atoms with van der Waals surface area (Å²) in [5.41, 5.74) is 0.976. The van der Waals surface area contributed by atoms with Gasteiger partial charge in [-0.05, 0) is 25.1 Å². The molecule has 5 nitrogen and oxygen atoms in total. The number of fused-ring (bicyclic) bond motifs is 1. The zero-order valence-electron chi connectivity index (χ0n) is 13.1. The largest absolute Gasteiger partial charge is 0.494 e. The number of thiazole rings is 1. The summed E-state index contributed by atoms with van der Waals surface area (Å²) in [6.07, 6.45) is 1.76. The van der Waals surface area contributed by atoms with Gasteiger partial charge >= 0.3 is 0 Å². The normalized spacial score (nSPS) is 11.7. The van der Waals surface area contributed by atoms with Crippen molar-refractivity contribution in [3.8, 4) is 5.75 Å². The van der Waals surface area contributed by atoms with Gasteiger partial charge in [0.1, 0.15) is 5.75 Å². The molecule has 0 aliphatic heterocycles. The SMILES string of the molecule is C=CCn1c(=NC(=O)CSC(C)=O)sc2cc(OCC)ccc21. The predicted molar refractivity (Wildman–Crippen MR) is 94.9 cm³/mol. The van der Waals surface area contributed by atoms with Gasteiger partial charge in [-0.1, -0.05) is 29.2 Å². The van der Waals surface area contributed by atoms with Crippen LogP contribution >= 0.6 is 23.1 Å². The van der Waals surface area contributed by atoms with Crippen LogP contribution in [0, 0.1) is 0 Å². The summed E-state index contributed by atoms with van der Waals surface area (Å²) in [5.74, 6) is 0.526. The number of thioether (sulfide) groups is 1. The highest BCUT2D eigenvalue weighted by Crippen LogP contribution is 2.23. The Morgan fingerprint density at radius 3 is 2.91 bits per heavy atom. The standard InChI is InChI=1S/C16H18N2O3S2/c1-4-8-18-13-7-6-12(21-5-2)9-14(13)23-16(18)17-15(20)10-22-11(3)19/h4,6-7,9H,1,5,8,10H2,2-3H3. The molecule has 0 atom stereocenters. The van der Waals surface area contributed by atoms with Gasteiger partial charge in [-0.25, -0.2) is 0 Å². The highest BCUT2D eigenvalue weighted by atomic mass is 32.2. The van der Waals surface area contributed by atoms with Gasteiger partial charge in [0.15, 0.2) is 9.92 Å². The number of hydrogen-bond donors (Lipinski definition) is 0. The topological polar surface area (TPSA) is 60.7 Å². The van der Waals surface area contributed by atoms with E-state index in [-0.39, 0.29) is 16.8 Å². The molecule has 0 aliphatic carbocycles. The average molecular weight is 350 g/mol. The molecule has 0 saturated carbocycles. The number of ether oxygens (including phenoxy) is 1. The van der Waals surface area contributed by atoms with Crippen LogP contribution in [0.25, 0.3) is 10.2 Å². The number of allylic oxidation sites excluding steroid dienone is 1. The molecule has 23 heavy (non-hydrogen) atoms.